The van der Waals surface area contributed by atoms with Crippen LogP contribution < -0.4 is 0 Å². The third-order valence-electron chi connectivity index (χ3n) is 1.37. The van der Waals surface area contributed by atoms with Crippen molar-refractivity contribution < 1.29 is 13.9 Å². The molecule has 0 unspecified atom stereocenters. The average Bonchev–Trinajstić information content (AvgIpc) is 2.45. The van der Waals surface area contributed by atoms with Crippen molar-refractivity contribution in [3.05, 3.63) is 17.3 Å². The lowest BCUT2D eigenvalue weighted by Crippen LogP contribution is -2.00. The number of aromatic nitrogens is 1. The van der Waals surface area contributed by atoms with Crippen molar-refractivity contribution in [2.75, 3.05) is 7.11 Å². The number of nitrogens with zero attached hydrogens (tertiary/aromatic N) is 1. The van der Waals surface area contributed by atoms with Crippen LogP contribution in [0.5, 0.6) is 0 Å². The number of hydrogen-bond acceptors (Lipinski definition) is 4. The Kier molecular flexibility index (Phi) is 2.70. The zero-order valence-electron chi connectivity index (χ0n) is 6.76. The number of aryl methyl sites for hydroxylation is 1. The van der Waals surface area contributed by atoms with E-state index in [1.165, 1.54) is 7.11 Å². The third kappa shape index (κ3) is 1.58. The summed E-state index contributed by atoms with van der Waals surface area (Å²) in [6.07, 6.45) is 0. The van der Waals surface area contributed by atoms with E-state index in [0.29, 0.717) is 11.5 Å². The minimum atomic E-state index is -0.588. The first-order valence-electron chi connectivity index (χ1n) is 3.29. The summed E-state index contributed by atoms with van der Waals surface area (Å²) in [5.41, 5.74) is 0.616. The number of halogens is 1. The quantitative estimate of drug-likeness (QED) is 0.523. The fourth-order valence-electron chi connectivity index (χ4n) is 0.727. The van der Waals surface area contributed by atoms with E-state index >= 15 is 0 Å². The highest BCUT2D eigenvalue weighted by molar-refractivity contribution is 6.16. The van der Waals surface area contributed by atoms with Gasteiger partial charge in [-0.2, -0.15) is 0 Å². The molecule has 0 amide bonds. The number of ether oxygens (including phenoxy) is 1. The topological polar surface area (TPSA) is 52.3 Å². The molecule has 0 fully saturated rings. The molecule has 1 heterocycles. The molecule has 0 saturated carbocycles. The van der Waals surface area contributed by atoms with Gasteiger partial charge < -0.3 is 9.15 Å². The molecule has 1 aromatic rings. The fourth-order valence-corrected chi connectivity index (χ4v) is 0.975. The van der Waals surface area contributed by atoms with Crippen molar-refractivity contribution >= 4 is 17.6 Å². The lowest BCUT2D eigenvalue weighted by atomic mass is 10.4. The van der Waals surface area contributed by atoms with Crippen LogP contribution in [-0.2, 0) is 10.6 Å². The molecule has 4 nitrogen and oxygen atoms in total. The molecule has 0 aliphatic heterocycles. The molecule has 1 rings (SSSR count). The molecule has 0 atom stereocenters. The van der Waals surface area contributed by atoms with Crippen LogP contribution in [0.2, 0.25) is 0 Å². The first-order chi connectivity index (χ1) is 5.69. The van der Waals surface area contributed by atoms with E-state index in [-0.39, 0.29) is 11.8 Å². The molecule has 12 heavy (non-hydrogen) atoms. The Labute approximate surface area is 74.5 Å². The summed E-state index contributed by atoms with van der Waals surface area (Å²) in [6.45, 7) is 1.72. The number of oxazole rings is 1. The van der Waals surface area contributed by atoms with E-state index in [0.717, 1.165) is 0 Å². The van der Waals surface area contributed by atoms with Gasteiger partial charge in [-0.1, -0.05) is 0 Å². The third-order valence-corrected chi connectivity index (χ3v) is 1.62. The lowest BCUT2D eigenvalue weighted by Gasteiger charge is -1.89. The molecule has 0 spiro atoms. The van der Waals surface area contributed by atoms with Crippen molar-refractivity contribution in [3.63, 3.8) is 0 Å². The molecule has 0 saturated heterocycles. The van der Waals surface area contributed by atoms with Gasteiger partial charge >= 0.3 is 11.9 Å². The highest BCUT2D eigenvalue weighted by Gasteiger charge is 2.15. The Morgan fingerprint density at radius 1 is 1.75 bits per heavy atom. The molecule has 0 aromatic carbocycles. The van der Waals surface area contributed by atoms with E-state index in [1.807, 2.05) is 0 Å². The van der Waals surface area contributed by atoms with Crippen LogP contribution in [0.4, 0.5) is 0 Å². The van der Waals surface area contributed by atoms with Gasteiger partial charge in [0.05, 0.1) is 18.7 Å². The maximum absolute atomic E-state index is 10.9. The van der Waals surface area contributed by atoms with Crippen molar-refractivity contribution in [2.45, 2.75) is 12.8 Å². The predicted molar refractivity (Wildman–Crippen MR) is 42.1 cm³/mol. The lowest BCUT2D eigenvalue weighted by molar-refractivity contribution is 0.0554. The largest absolute Gasteiger partial charge is 0.462 e. The average molecular weight is 190 g/mol. The van der Waals surface area contributed by atoms with Gasteiger partial charge in [-0.15, -0.1) is 11.6 Å². The van der Waals surface area contributed by atoms with Gasteiger partial charge in [0, 0.05) is 0 Å². The van der Waals surface area contributed by atoms with Gasteiger partial charge in [-0.3, -0.25) is 0 Å². The second-order valence-electron chi connectivity index (χ2n) is 2.15. The summed E-state index contributed by atoms with van der Waals surface area (Å²) in [4.78, 5) is 14.7. The van der Waals surface area contributed by atoms with Crippen LogP contribution in [0.25, 0.3) is 0 Å². The van der Waals surface area contributed by atoms with Crippen molar-refractivity contribution in [3.8, 4) is 0 Å². The van der Waals surface area contributed by atoms with Crippen LogP contribution >= 0.6 is 11.6 Å². The number of hydrogen-bond donors (Lipinski definition) is 0. The van der Waals surface area contributed by atoms with Gasteiger partial charge in [0.1, 0.15) is 5.76 Å². The SMILES string of the molecule is COC(=O)c1nc(C)c(CCl)o1. The van der Waals surface area contributed by atoms with E-state index < -0.39 is 5.97 Å². The van der Waals surface area contributed by atoms with Crippen LogP contribution in [0.1, 0.15) is 22.1 Å². The summed E-state index contributed by atoms with van der Waals surface area (Å²) in [7, 11) is 1.27. The van der Waals surface area contributed by atoms with Gasteiger partial charge in [0.15, 0.2) is 0 Å². The van der Waals surface area contributed by atoms with Crippen LogP contribution in [0.15, 0.2) is 4.42 Å². The van der Waals surface area contributed by atoms with Crippen molar-refractivity contribution in [1.29, 1.82) is 0 Å². The second-order valence-corrected chi connectivity index (χ2v) is 2.42. The highest BCUT2D eigenvalue weighted by atomic mass is 35.5. The minimum Gasteiger partial charge on any atom is -0.462 e. The van der Waals surface area contributed by atoms with Crippen molar-refractivity contribution in [1.82, 2.24) is 4.98 Å². The molecule has 66 valence electrons. The maximum Gasteiger partial charge on any atom is 0.394 e. The van der Waals surface area contributed by atoms with E-state index in [4.69, 9.17) is 16.0 Å². The van der Waals surface area contributed by atoms with E-state index in [2.05, 4.69) is 9.72 Å². The standard InChI is InChI=1S/C7H8ClNO3/c1-4-5(3-8)12-6(9-4)7(10)11-2/h3H2,1-2H3. The molecule has 0 bridgehead atoms. The Morgan fingerprint density at radius 3 is 2.83 bits per heavy atom. The molecule has 0 N–H and O–H groups in total. The van der Waals surface area contributed by atoms with Crippen LogP contribution in [0, 0.1) is 6.92 Å². The van der Waals surface area contributed by atoms with Crippen LogP contribution in [-0.4, -0.2) is 18.1 Å². The number of alkyl halides is 1. The zero-order valence-corrected chi connectivity index (χ0v) is 7.51. The van der Waals surface area contributed by atoms with E-state index in [9.17, 15) is 4.79 Å². The first kappa shape index (κ1) is 9.06. The fraction of sp³-hybridized carbons (Fsp3) is 0.429. The van der Waals surface area contributed by atoms with Gasteiger partial charge in [0.25, 0.3) is 0 Å². The first-order valence-corrected chi connectivity index (χ1v) is 3.83. The molecular weight excluding hydrogens is 182 g/mol. The predicted octanol–water partition coefficient (Wildman–Crippen LogP) is 1.51. The summed E-state index contributed by atoms with van der Waals surface area (Å²) >= 11 is 5.51. The van der Waals surface area contributed by atoms with Gasteiger partial charge in [-0.05, 0) is 6.92 Å². The summed E-state index contributed by atoms with van der Waals surface area (Å²) < 4.78 is 9.41. The van der Waals surface area contributed by atoms with Gasteiger partial charge in [-0.25, -0.2) is 9.78 Å². The van der Waals surface area contributed by atoms with E-state index in [1.54, 1.807) is 6.92 Å². The summed E-state index contributed by atoms with van der Waals surface area (Å²) in [5, 5.41) is 0. The summed E-state index contributed by atoms with van der Waals surface area (Å²) in [6, 6.07) is 0. The number of carbonyl (C=O) groups excluding carboxylic acids is 1. The minimum absolute atomic E-state index is 0.0503. The maximum atomic E-state index is 10.9. The molecular formula is C7H8ClNO3. The zero-order chi connectivity index (χ0) is 9.14. The molecule has 0 radical (unpaired) electrons. The normalized spacial score (nSPS) is 9.92. The Bertz CT molecular complexity index is 295. The Morgan fingerprint density at radius 2 is 2.42 bits per heavy atom. The van der Waals surface area contributed by atoms with Crippen molar-refractivity contribution in [2.24, 2.45) is 0 Å². The molecule has 1 aromatic heterocycles. The highest BCUT2D eigenvalue weighted by Crippen LogP contribution is 2.12. The smallest absolute Gasteiger partial charge is 0.394 e. The molecule has 0 aliphatic carbocycles. The molecule has 0 aliphatic rings. The Hall–Kier alpha value is -1.03. The Balaban J connectivity index is 2.96. The monoisotopic (exact) mass is 189 g/mol. The summed E-state index contributed by atoms with van der Waals surface area (Å²) in [5.74, 6) is 0.0627. The number of methoxy groups -OCH3 is 1. The van der Waals surface area contributed by atoms with Gasteiger partial charge in [0.2, 0.25) is 0 Å². The second kappa shape index (κ2) is 3.58. The number of rotatable bonds is 2. The molecule has 5 heteroatoms. The van der Waals surface area contributed by atoms with Crippen LogP contribution in [0.3, 0.4) is 0 Å². The number of esters is 1. The number of carbonyl (C=O) groups is 1.